The van der Waals surface area contributed by atoms with Crippen LogP contribution < -0.4 is 5.73 Å². The maximum absolute atomic E-state index is 5.92. The van der Waals surface area contributed by atoms with Gasteiger partial charge in [-0.15, -0.1) is 11.8 Å². The molecule has 1 atom stereocenters. The summed E-state index contributed by atoms with van der Waals surface area (Å²) >= 11 is 5.26. The molecule has 0 aliphatic rings. The molecule has 1 aromatic rings. The quantitative estimate of drug-likeness (QED) is 0.654. The highest BCUT2D eigenvalue weighted by atomic mass is 79.9. The van der Waals surface area contributed by atoms with E-state index in [4.69, 9.17) is 5.73 Å². The predicted octanol–water partition coefficient (Wildman–Crippen LogP) is 4.31. The summed E-state index contributed by atoms with van der Waals surface area (Å²) in [6.07, 6.45) is 2.46. The minimum Gasteiger partial charge on any atom is -0.398 e. The van der Waals surface area contributed by atoms with Crippen LogP contribution >= 0.6 is 27.7 Å². The average molecular weight is 274 g/mol. The first-order valence-corrected chi connectivity index (χ1v) is 6.52. The molecule has 0 amide bonds. The molecule has 0 aliphatic carbocycles. The Morgan fingerprint density at radius 1 is 1.50 bits per heavy atom. The molecule has 0 saturated heterocycles. The van der Waals surface area contributed by atoms with Crippen molar-refractivity contribution in [2.24, 2.45) is 0 Å². The number of hydrogen-bond donors (Lipinski definition) is 1. The molecule has 78 valence electrons. The third kappa shape index (κ3) is 3.54. The van der Waals surface area contributed by atoms with E-state index in [0.29, 0.717) is 5.25 Å². The van der Waals surface area contributed by atoms with E-state index in [1.165, 1.54) is 17.7 Å². The monoisotopic (exact) mass is 273 g/mol. The number of hydrogen-bond acceptors (Lipinski definition) is 2. The molecule has 0 aromatic heterocycles. The smallest absolute Gasteiger partial charge is 0.0463 e. The molecule has 1 aromatic carbocycles. The van der Waals surface area contributed by atoms with Gasteiger partial charge in [-0.05, 0) is 24.6 Å². The van der Waals surface area contributed by atoms with Gasteiger partial charge in [-0.3, -0.25) is 0 Å². The third-order valence-corrected chi connectivity index (χ3v) is 3.75. The average Bonchev–Trinajstić information content (AvgIpc) is 2.10. The first-order chi connectivity index (χ1) is 6.63. The Morgan fingerprint density at radius 3 is 2.79 bits per heavy atom. The Morgan fingerprint density at radius 2 is 2.21 bits per heavy atom. The van der Waals surface area contributed by atoms with Crippen LogP contribution in [0.15, 0.2) is 27.6 Å². The topological polar surface area (TPSA) is 26.0 Å². The normalized spacial score (nSPS) is 12.8. The maximum Gasteiger partial charge on any atom is 0.0463 e. The molecule has 14 heavy (non-hydrogen) atoms. The van der Waals surface area contributed by atoms with Gasteiger partial charge in [0.15, 0.2) is 0 Å². The van der Waals surface area contributed by atoms with E-state index in [9.17, 15) is 0 Å². The number of nitrogen functional groups attached to an aromatic ring is 1. The fraction of sp³-hybridized carbons (Fsp3) is 0.455. The summed E-state index contributed by atoms with van der Waals surface area (Å²) in [5.41, 5.74) is 6.78. The summed E-state index contributed by atoms with van der Waals surface area (Å²) in [7, 11) is 0. The van der Waals surface area contributed by atoms with Crippen LogP contribution in [-0.4, -0.2) is 5.25 Å². The van der Waals surface area contributed by atoms with Gasteiger partial charge in [-0.25, -0.2) is 0 Å². The van der Waals surface area contributed by atoms with Gasteiger partial charge < -0.3 is 5.73 Å². The zero-order valence-corrected chi connectivity index (χ0v) is 11.0. The molecule has 2 N–H and O–H groups in total. The van der Waals surface area contributed by atoms with Crippen molar-refractivity contribution in [3.05, 3.63) is 22.7 Å². The van der Waals surface area contributed by atoms with E-state index in [-0.39, 0.29) is 0 Å². The zero-order chi connectivity index (χ0) is 10.6. The number of benzene rings is 1. The lowest BCUT2D eigenvalue weighted by molar-refractivity contribution is 0.787. The standard InChI is InChI=1S/C11H16BrNS/c1-3-4-8(2)14-11-6-5-9(12)7-10(11)13/h5-8H,3-4,13H2,1-2H3. The Labute approximate surface area is 98.6 Å². The number of halogens is 1. The van der Waals surface area contributed by atoms with Gasteiger partial charge in [0.25, 0.3) is 0 Å². The van der Waals surface area contributed by atoms with Crippen LogP contribution in [0.1, 0.15) is 26.7 Å². The summed E-state index contributed by atoms with van der Waals surface area (Å²) in [5.74, 6) is 0. The Kier molecular flexibility index (Phi) is 4.82. The van der Waals surface area contributed by atoms with Crippen LogP contribution in [0.2, 0.25) is 0 Å². The van der Waals surface area contributed by atoms with Gasteiger partial charge in [-0.1, -0.05) is 36.2 Å². The van der Waals surface area contributed by atoms with Crippen molar-refractivity contribution in [1.82, 2.24) is 0 Å². The van der Waals surface area contributed by atoms with Crippen molar-refractivity contribution >= 4 is 33.4 Å². The number of nitrogens with two attached hydrogens (primary N) is 1. The van der Waals surface area contributed by atoms with Crippen LogP contribution in [0, 0.1) is 0 Å². The highest BCUT2D eigenvalue weighted by molar-refractivity contribution is 9.10. The van der Waals surface area contributed by atoms with Crippen molar-refractivity contribution in [3.63, 3.8) is 0 Å². The van der Waals surface area contributed by atoms with Crippen molar-refractivity contribution in [1.29, 1.82) is 0 Å². The predicted molar refractivity (Wildman–Crippen MR) is 68.8 cm³/mol. The second kappa shape index (κ2) is 5.66. The van der Waals surface area contributed by atoms with E-state index in [1.807, 2.05) is 23.9 Å². The molecular weight excluding hydrogens is 258 g/mol. The molecule has 0 fully saturated rings. The molecule has 0 spiro atoms. The molecule has 1 rings (SSSR count). The van der Waals surface area contributed by atoms with Gasteiger partial charge >= 0.3 is 0 Å². The highest BCUT2D eigenvalue weighted by Crippen LogP contribution is 2.32. The van der Waals surface area contributed by atoms with Crippen molar-refractivity contribution in [3.8, 4) is 0 Å². The van der Waals surface area contributed by atoms with E-state index >= 15 is 0 Å². The van der Waals surface area contributed by atoms with Gasteiger partial charge in [0, 0.05) is 20.3 Å². The van der Waals surface area contributed by atoms with E-state index in [0.717, 1.165) is 10.2 Å². The summed E-state index contributed by atoms with van der Waals surface area (Å²) in [6.45, 7) is 4.46. The van der Waals surface area contributed by atoms with E-state index < -0.39 is 0 Å². The zero-order valence-electron chi connectivity index (χ0n) is 8.59. The van der Waals surface area contributed by atoms with Gasteiger partial charge in [0.1, 0.15) is 0 Å². The molecule has 0 aliphatic heterocycles. The lowest BCUT2D eigenvalue weighted by atomic mass is 10.3. The fourth-order valence-corrected chi connectivity index (χ4v) is 2.82. The fourth-order valence-electron chi connectivity index (χ4n) is 1.31. The molecule has 0 heterocycles. The van der Waals surface area contributed by atoms with Gasteiger partial charge in [-0.2, -0.15) is 0 Å². The number of rotatable bonds is 4. The van der Waals surface area contributed by atoms with Gasteiger partial charge in [0.05, 0.1) is 0 Å². The lowest BCUT2D eigenvalue weighted by Gasteiger charge is -2.11. The Balaban J connectivity index is 2.67. The minimum atomic E-state index is 0.642. The summed E-state index contributed by atoms with van der Waals surface area (Å²) in [5, 5.41) is 0.642. The van der Waals surface area contributed by atoms with Crippen molar-refractivity contribution in [2.75, 3.05) is 5.73 Å². The molecule has 0 bridgehead atoms. The van der Waals surface area contributed by atoms with Crippen LogP contribution in [-0.2, 0) is 0 Å². The third-order valence-electron chi connectivity index (χ3n) is 2.00. The highest BCUT2D eigenvalue weighted by Gasteiger charge is 2.06. The summed E-state index contributed by atoms with van der Waals surface area (Å²) in [4.78, 5) is 1.19. The van der Waals surface area contributed by atoms with E-state index in [1.54, 1.807) is 0 Å². The molecule has 1 nitrogen and oxygen atoms in total. The van der Waals surface area contributed by atoms with Gasteiger partial charge in [0.2, 0.25) is 0 Å². The second-order valence-electron chi connectivity index (χ2n) is 3.40. The Hall–Kier alpha value is -0.150. The number of thioether (sulfide) groups is 1. The van der Waals surface area contributed by atoms with Crippen molar-refractivity contribution in [2.45, 2.75) is 36.8 Å². The molecule has 0 radical (unpaired) electrons. The number of anilines is 1. The van der Waals surface area contributed by atoms with Crippen molar-refractivity contribution < 1.29 is 0 Å². The maximum atomic E-state index is 5.92. The molecular formula is C11H16BrNS. The molecule has 1 unspecified atom stereocenters. The Bertz CT molecular complexity index is 301. The lowest BCUT2D eigenvalue weighted by Crippen LogP contribution is -1.96. The first kappa shape index (κ1) is 11.9. The second-order valence-corrected chi connectivity index (χ2v) is 5.80. The van der Waals surface area contributed by atoms with Crippen LogP contribution in [0.3, 0.4) is 0 Å². The minimum absolute atomic E-state index is 0.642. The van der Waals surface area contributed by atoms with Crippen LogP contribution in [0.5, 0.6) is 0 Å². The molecule has 3 heteroatoms. The largest absolute Gasteiger partial charge is 0.398 e. The first-order valence-electron chi connectivity index (χ1n) is 4.85. The molecule has 0 saturated carbocycles. The van der Waals surface area contributed by atoms with Crippen LogP contribution in [0.25, 0.3) is 0 Å². The summed E-state index contributed by atoms with van der Waals surface area (Å²) in [6, 6.07) is 6.08. The SMILES string of the molecule is CCCC(C)Sc1ccc(Br)cc1N. The van der Waals surface area contributed by atoms with Crippen LogP contribution in [0.4, 0.5) is 5.69 Å². The summed E-state index contributed by atoms with van der Waals surface area (Å²) < 4.78 is 1.04. The van der Waals surface area contributed by atoms with E-state index in [2.05, 4.69) is 35.8 Å².